The predicted octanol–water partition coefficient (Wildman–Crippen LogP) is 3.87. The van der Waals surface area contributed by atoms with Crippen LogP contribution in [-0.2, 0) is 0 Å². The standard InChI is InChI=1S/C19H14F2N4O5S/c1-22-19-24(15(9-31-19)11-2-4-13(5-3-11)30-18(20)21)23-8-12-6-16-17(29-10-28-16)7-14(12)25(26)27/h2-9,18H,10H2,1H3/b22-19?,23-8+. The van der Waals surface area contributed by atoms with Gasteiger partial charge in [-0.1, -0.05) is 0 Å². The molecule has 2 aromatic carbocycles. The number of alkyl halides is 2. The molecule has 1 aliphatic rings. The van der Waals surface area contributed by atoms with Crippen molar-refractivity contribution in [2.45, 2.75) is 6.61 Å². The van der Waals surface area contributed by atoms with E-state index in [1.807, 2.05) is 0 Å². The number of halogens is 2. The molecule has 0 saturated heterocycles. The maximum Gasteiger partial charge on any atom is 0.387 e. The minimum Gasteiger partial charge on any atom is -0.454 e. The van der Waals surface area contributed by atoms with Gasteiger partial charge in [0.25, 0.3) is 5.69 Å². The van der Waals surface area contributed by atoms with Gasteiger partial charge in [-0.05, 0) is 30.3 Å². The Hall–Kier alpha value is -3.80. The van der Waals surface area contributed by atoms with Crippen LogP contribution in [0, 0.1) is 10.1 Å². The van der Waals surface area contributed by atoms with E-state index in [0.29, 0.717) is 27.6 Å². The van der Waals surface area contributed by atoms with Gasteiger partial charge in [-0.3, -0.25) is 15.1 Å². The first-order valence-electron chi connectivity index (χ1n) is 8.77. The number of thiazole rings is 1. The van der Waals surface area contributed by atoms with Gasteiger partial charge < -0.3 is 14.2 Å². The van der Waals surface area contributed by atoms with Crippen LogP contribution in [0.15, 0.2) is 51.9 Å². The molecule has 0 unspecified atom stereocenters. The molecule has 9 nitrogen and oxygen atoms in total. The molecule has 160 valence electrons. The first-order chi connectivity index (χ1) is 15.0. The summed E-state index contributed by atoms with van der Waals surface area (Å²) in [6.45, 7) is -2.93. The Bertz CT molecular complexity index is 1220. The molecule has 0 aliphatic carbocycles. The maximum atomic E-state index is 12.4. The molecule has 1 aliphatic heterocycles. The van der Waals surface area contributed by atoms with Crippen molar-refractivity contribution in [3.63, 3.8) is 0 Å². The summed E-state index contributed by atoms with van der Waals surface area (Å²) in [7, 11) is 1.59. The first kappa shape index (κ1) is 20.5. The van der Waals surface area contributed by atoms with E-state index < -0.39 is 11.5 Å². The maximum absolute atomic E-state index is 12.4. The van der Waals surface area contributed by atoms with E-state index in [1.165, 1.54) is 46.5 Å². The highest BCUT2D eigenvalue weighted by Crippen LogP contribution is 2.37. The molecular formula is C19H14F2N4O5S. The Morgan fingerprint density at radius 1 is 1.26 bits per heavy atom. The van der Waals surface area contributed by atoms with E-state index >= 15 is 0 Å². The van der Waals surface area contributed by atoms with Crippen LogP contribution < -0.4 is 19.0 Å². The van der Waals surface area contributed by atoms with Crippen molar-refractivity contribution < 1.29 is 27.9 Å². The van der Waals surface area contributed by atoms with Crippen molar-refractivity contribution in [1.82, 2.24) is 4.68 Å². The molecule has 0 saturated carbocycles. The third kappa shape index (κ3) is 4.23. The number of hydrogen-bond donors (Lipinski definition) is 0. The number of rotatable bonds is 6. The SMILES string of the molecule is CN=c1scc(-c2ccc(OC(F)F)cc2)n1/N=C/c1cc2c(cc1[N+](=O)[O-])OCO2. The van der Waals surface area contributed by atoms with Crippen molar-refractivity contribution in [2.24, 2.45) is 10.1 Å². The second-order valence-electron chi connectivity index (χ2n) is 6.11. The molecule has 12 heteroatoms. The second-order valence-corrected chi connectivity index (χ2v) is 6.94. The first-order valence-corrected chi connectivity index (χ1v) is 9.65. The van der Waals surface area contributed by atoms with Gasteiger partial charge in [0, 0.05) is 18.0 Å². The average Bonchev–Trinajstić information content (AvgIpc) is 3.37. The van der Waals surface area contributed by atoms with Crippen molar-refractivity contribution in [3.05, 3.63) is 62.3 Å². The summed E-state index contributed by atoms with van der Waals surface area (Å²) in [4.78, 5) is 15.6. The normalized spacial score (nSPS) is 13.4. The largest absolute Gasteiger partial charge is 0.454 e. The Morgan fingerprint density at radius 3 is 2.61 bits per heavy atom. The van der Waals surface area contributed by atoms with Gasteiger partial charge in [-0.25, -0.2) is 4.68 Å². The lowest BCUT2D eigenvalue weighted by Gasteiger charge is -2.07. The van der Waals surface area contributed by atoms with Crippen LogP contribution >= 0.6 is 11.3 Å². The van der Waals surface area contributed by atoms with Gasteiger partial charge >= 0.3 is 6.61 Å². The highest BCUT2D eigenvalue weighted by molar-refractivity contribution is 7.07. The number of ether oxygens (including phenoxy) is 3. The third-order valence-electron chi connectivity index (χ3n) is 4.28. The minimum absolute atomic E-state index is 0.0132. The zero-order valence-corrected chi connectivity index (χ0v) is 16.7. The van der Waals surface area contributed by atoms with Crippen LogP contribution in [0.3, 0.4) is 0 Å². The molecule has 4 rings (SSSR count). The summed E-state index contributed by atoms with van der Waals surface area (Å²) in [6, 6.07) is 8.81. The summed E-state index contributed by atoms with van der Waals surface area (Å²) >= 11 is 1.30. The quantitative estimate of drug-likeness (QED) is 0.324. The predicted molar refractivity (Wildman–Crippen MR) is 108 cm³/mol. The number of nitro benzene ring substituents is 1. The number of nitrogens with zero attached hydrogens (tertiary/aromatic N) is 4. The smallest absolute Gasteiger partial charge is 0.387 e. The van der Waals surface area contributed by atoms with Crippen LogP contribution in [0.5, 0.6) is 17.2 Å². The Labute approximate surface area is 177 Å². The fourth-order valence-electron chi connectivity index (χ4n) is 2.90. The fraction of sp³-hybridized carbons (Fsp3) is 0.158. The topological polar surface area (TPSA) is 100 Å². The van der Waals surface area contributed by atoms with Gasteiger partial charge in [0.1, 0.15) is 5.75 Å². The molecule has 0 atom stereocenters. The zero-order chi connectivity index (χ0) is 22.0. The molecule has 0 bridgehead atoms. The molecule has 0 fully saturated rings. The lowest BCUT2D eigenvalue weighted by molar-refractivity contribution is -0.385. The summed E-state index contributed by atoms with van der Waals surface area (Å²) in [5.41, 5.74) is 1.33. The van der Waals surface area contributed by atoms with E-state index in [-0.39, 0.29) is 23.8 Å². The Morgan fingerprint density at radius 2 is 1.97 bits per heavy atom. The molecule has 0 radical (unpaired) electrons. The van der Waals surface area contributed by atoms with Crippen molar-refractivity contribution in [3.8, 4) is 28.5 Å². The Kier molecular flexibility index (Phi) is 5.62. The Balaban J connectivity index is 1.72. The number of nitro groups is 1. The van der Waals surface area contributed by atoms with Crippen LogP contribution in [0.25, 0.3) is 11.3 Å². The summed E-state index contributed by atoms with van der Waals surface area (Å²) in [5, 5.41) is 17.6. The lowest BCUT2D eigenvalue weighted by atomic mass is 10.1. The molecule has 0 amide bonds. The number of fused-ring (bicyclic) bond motifs is 1. The average molecular weight is 448 g/mol. The van der Waals surface area contributed by atoms with E-state index in [4.69, 9.17) is 9.47 Å². The number of benzene rings is 2. The van der Waals surface area contributed by atoms with E-state index in [2.05, 4.69) is 14.8 Å². The van der Waals surface area contributed by atoms with Gasteiger partial charge in [-0.2, -0.15) is 13.9 Å². The fourth-order valence-corrected chi connectivity index (χ4v) is 3.70. The highest BCUT2D eigenvalue weighted by Gasteiger charge is 2.22. The van der Waals surface area contributed by atoms with Crippen LogP contribution in [0.4, 0.5) is 14.5 Å². The summed E-state index contributed by atoms with van der Waals surface area (Å²) < 4.78 is 41.1. The molecule has 0 spiro atoms. The molecule has 3 aromatic rings. The van der Waals surface area contributed by atoms with Crippen molar-refractivity contribution in [1.29, 1.82) is 0 Å². The summed E-state index contributed by atoms with van der Waals surface area (Å²) in [6.07, 6.45) is 1.33. The van der Waals surface area contributed by atoms with E-state index in [9.17, 15) is 18.9 Å². The highest BCUT2D eigenvalue weighted by atomic mass is 32.1. The third-order valence-corrected chi connectivity index (χ3v) is 5.19. The van der Waals surface area contributed by atoms with Gasteiger partial charge in [0.05, 0.1) is 28.5 Å². The van der Waals surface area contributed by atoms with Crippen molar-refractivity contribution >= 4 is 23.2 Å². The second kappa shape index (κ2) is 8.52. The molecule has 1 aromatic heterocycles. The zero-order valence-electron chi connectivity index (χ0n) is 15.9. The van der Waals surface area contributed by atoms with Crippen LogP contribution in [-0.4, -0.2) is 36.3 Å². The molecule has 31 heavy (non-hydrogen) atoms. The van der Waals surface area contributed by atoms with Gasteiger partial charge in [0.15, 0.2) is 11.5 Å². The van der Waals surface area contributed by atoms with Crippen LogP contribution in [0.1, 0.15) is 5.56 Å². The monoisotopic (exact) mass is 448 g/mol. The van der Waals surface area contributed by atoms with Crippen molar-refractivity contribution in [2.75, 3.05) is 13.8 Å². The van der Waals surface area contributed by atoms with Gasteiger partial charge in [-0.15, -0.1) is 11.3 Å². The molecule has 2 heterocycles. The van der Waals surface area contributed by atoms with E-state index in [0.717, 1.165) is 0 Å². The van der Waals surface area contributed by atoms with Crippen LogP contribution in [0.2, 0.25) is 0 Å². The molecule has 0 N–H and O–H groups in total. The number of hydrogen-bond acceptors (Lipinski definition) is 8. The lowest BCUT2D eigenvalue weighted by Crippen LogP contribution is -2.11. The number of aromatic nitrogens is 1. The minimum atomic E-state index is -2.91. The van der Waals surface area contributed by atoms with Gasteiger partial charge in [0.2, 0.25) is 11.6 Å². The van der Waals surface area contributed by atoms with E-state index in [1.54, 1.807) is 24.6 Å². The molecular weight excluding hydrogens is 434 g/mol. The summed E-state index contributed by atoms with van der Waals surface area (Å²) in [5.74, 6) is 0.709.